The van der Waals surface area contributed by atoms with Crippen LogP contribution in [-0.2, 0) is 23.2 Å². The van der Waals surface area contributed by atoms with Crippen LogP contribution in [0.5, 0.6) is 0 Å². The van der Waals surface area contributed by atoms with Crippen LogP contribution in [0.25, 0.3) is 11.2 Å². The zero-order valence-corrected chi connectivity index (χ0v) is 27.3. The minimum atomic E-state index is -2.39. The maximum absolute atomic E-state index is 12.8. The molecular weight excluding hydrogens is 534 g/mol. The lowest BCUT2D eigenvalue weighted by Crippen LogP contribution is -2.53. The van der Waals surface area contributed by atoms with E-state index in [1.807, 2.05) is 0 Å². The highest BCUT2D eigenvalue weighted by molar-refractivity contribution is 6.74. The number of carbonyl (C=O) groups is 2. The topological polar surface area (TPSA) is 137 Å². The van der Waals surface area contributed by atoms with Crippen LogP contribution in [0.15, 0.2) is 11.1 Å². The van der Waals surface area contributed by atoms with Crippen LogP contribution in [0.4, 0.5) is 5.95 Å². The van der Waals surface area contributed by atoms with Gasteiger partial charge in [0.15, 0.2) is 40.3 Å². The summed E-state index contributed by atoms with van der Waals surface area (Å²) in [5.74, 6) is -0.587. The molecule has 0 aromatic carbocycles. The molecule has 11 nitrogen and oxygen atoms in total. The van der Waals surface area contributed by atoms with Gasteiger partial charge in [0.1, 0.15) is 18.3 Å². The van der Waals surface area contributed by atoms with Crippen molar-refractivity contribution in [3.63, 3.8) is 0 Å². The molecular formula is C26H45N5O6Si2. The summed E-state index contributed by atoms with van der Waals surface area (Å²) >= 11 is 0. The number of carbonyl (C=O) groups excluding carboxylic acids is 2. The summed E-state index contributed by atoms with van der Waals surface area (Å²) in [5, 5.41) is 2.40. The summed E-state index contributed by atoms with van der Waals surface area (Å²) in [6, 6.07) is 0. The SMILES string of the molecule is CC(C)C(=O)Nc1nc2c(ncn2[C@@H]2O[C@H](C=O)[C@@H](O[Si](C)(C)C(C)(C)C)[C@H]2O[Si](C)(C)C(C)(C)C)c(=O)[nH]1. The van der Waals surface area contributed by atoms with Crippen LogP contribution >= 0.6 is 0 Å². The summed E-state index contributed by atoms with van der Waals surface area (Å²) in [5.41, 5.74) is -0.202. The zero-order chi connectivity index (χ0) is 29.7. The monoisotopic (exact) mass is 579 g/mol. The fourth-order valence-corrected chi connectivity index (χ4v) is 6.31. The van der Waals surface area contributed by atoms with Gasteiger partial charge in [0.2, 0.25) is 11.9 Å². The van der Waals surface area contributed by atoms with E-state index in [9.17, 15) is 14.4 Å². The van der Waals surface area contributed by atoms with Crippen molar-refractivity contribution < 1.29 is 23.2 Å². The summed E-state index contributed by atoms with van der Waals surface area (Å²) < 4.78 is 21.7. The number of imidazole rings is 1. The molecule has 1 saturated heterocycles. The summed E-state index contributed by atoms with van der Waals surface area (Å²) in [6.45, 7) is 24.8. The smallest absolute Gasteiger partial charge is 0.280 e. The summed E-state index contributed by atoms with van der Waals surface area (Å²) in [4.78, 5) is 48.8. The molecule has 2 aromatic heterocycles. The standard InChI is InChI=1S/C26H45N5O6Si2/c1-15(2)21(33)29-24-28-20-17(22(34)30-24)27-14-31(20)23-19(37-39(11,12)26(6,7)8)18(16(13-32)35-23)36-38(9,10)25(3,4)5/h13-16,18-19,23H,1-12H3,(H2,28,29,30,33,34)/t16-,18-,19-,23-/m1/s1. The average molecular weight is 580 g/mol. The third-order valence-corrected chi connectivity index (χ3v) is 17.3. The van der Waals surface area contributed by atoms with Crippen LogP contribution in [0.1, 0.15) is 61.6 Å². The van der Waals surface area contributed by atoms with Gasteiger partial charge in [0, 0.05) is 5.92 Å². The fraction of sp³-hybridized carbons (Fsp3) is 0.731. The number of nitrogens with zero attached hydrogens (tertiary/aromatic N) is 3. The average Bonchev–Trinajstić information content (AvgIpc) is 3.33. The lowest BCUT2D eigenvalue weighted by atomic mass is 10.1. The number of ether oxygens (including phenoxy) is 1. The lowest BCUT2D eigenvalue weighted by Gasteiger charge is -2.43. The molecule has 39 heavy (non-hydrogen) atoms. The van der Waals surface area contributed by atoms with Gasteiger partial charge in [-0.05, 0) is 36.3 Å². The summed E-state index contributed by atoms with van der Waals surface area (Å²) in [6.07, 6.45) is -0.836. The predicted molar refractivity (Wildman–Crippen MR) is 156 cm³/mol. The third kappa shape index (κ3) is 6.27. The normalized spacial score (nSPS) is 23.0. The molecule has 1 aliphatic heterocycles. The highest BCUT2D eigenvalue weighted by Crippen LogP contribution is 2.45. The minimum Gasteiger partial charge on any atom is -0.408 e. The molecule has 0 bridgehead atoms. The van der Waals surface area contributed by atoms with Crippen molar-refractivity contribution in [2.75, 3.05) is 5.32 Å². The second-order valence-corrected chi connectivity index (χ2v) is 23.2. The van der Waals surface area contributed by atoms with E-state index in [0.717, 1.165) is 6.29 Å². The van der Waals surface area contributed by atoms with E-state index in [2.05, 4.69) is 88.0 Å². The van der Waals surface area contributed by atoms with Crippen LogP contribution < -0.4 is 10.9 Å². The second-order valence-electron chi connectivity index (χ2n) is 13.7. The van der Waals surface area contributed by atoms with Crippen LogP contribution in [-0.4, -0.2) is 66.7 Å². The fourth-order valence-electron chi connectivity index (χ4n) is 3.72. The second kappa shape index (κ2) is 10.7. The highest BCUT2D eigenvalue weighted by atomic mass is 28.4. The van der Waals surface area contributed by atoms with Gasteiger partial charge < -0.3 is 18.4 Å². The molecule has 218 valence electrons. The van der Waals surface area contributed by atoms with Gasteiger partial charge >= 0.3 is 0 Å². The van der Waals surface area contributed by atoms with Gasteiger partial charge in [-0.15, -0.1) is 0 Å². The first kappa shape index (κ1) is 31.3. The number of amides is 1. The molecule has 0 saturated carbocycles. The van der Waals surface area contributed by atoms with Crippen LogP contribution in [0.2, 0.25) is 36.3 Å². The van der Waals surface area contributed by atoms with E-state index in [1.165, 1.54) is 6.33 Å². The van der Waals surface area contributed by atoms with E-state index in [0.29, 0.717) is 0 Å². The number of hydrogen-bond acceptors (Lipinski definition) is 8. The number of aromatic nitrogens is 4. The predicted octanol–water partition coefficient (Wildman–Crippen LogP) is 4.59. The Morgan fingerprint density at radius 1 is 1.08 bits per heavy atom. The number of hydrogen-bond donors (Lipinski definition) is 2. The Bertz CT molecular complexity index is 1270. The Kier molecular flexibility index (Phi) is 8.56. The number of anilines is 1. The van der Waals surface area contributed by atoms with E-state index < -0.39 is 46.7 Å². The number of aldehydes is 1. The Hall–Kier alpha value is -2.20. The van der Waals surface area contributed by atoms with Crippen molar-refractivity contribution in [3.8, 4) is 0 Å². The van der Waals surface area contributed by atoms with E-state index >= 15 is 0 Å². The number of fused-ring (bicyclic) bond motifs is 1. The molecule has 2 aromatic rings. The first-order chi connectivity index (χ1) is 17.7. The molecule has 3 heterocycles. The lowest BCUT2D eigenvalue weighted by molar-refractivity contribution is -0.122. The van der Waals surface area contributed by atoms with Gasteiger partial charge in [-0.25, -0.2) is 4.98 Å². The largest absolute Gasteiger partial charge is 0.408 e. The van der Waals surface area contributed by atoms with E-state index in [-0.39, 0.29) is 39.0 Å². The van der Waals surface area contributed by atoms with E-state index in [4.69, 9.17) is 13.6 Å². The molecule has 1 amide bonds. The number of aromatic amines is 1. The van der Waals surface area contributed by atoms with Gasteiger partial charge in [0.25, 0.3) is 5.56 Å². The van der Waals surface area contributed by atoms with Crippen molar-refractivity contribution in [1.82, 2.24) is 19.5 Å². The first-order valence-corrected chi connectivity index (χ1v) is 19.3. The van der Waals surface area contributed by atoms with Crippen LogP contribution in [0.3, 0.4) is 0 Å². The number of nitrogens with one attached hydrogen (secondary N) is 2. The molecule has 4 atom stereocenters. The molecule has 0 spiro atoms. The van der Waals surface area contributed by atoms with Crippen LogP contribution in [0, 0.1) is 5.92 Å². The molecule has 1 fully saturated rings. The molecule has 0 aliphatic carbocycles. The van der Waals surface area contributed by atoms with E-state index in [1.54, 1.807) is 18.4 Å². The Morgan fingerprint density at radius 3 is 2.10 bits per heavy atom. The van der Waals surface area contributed by atoms with Crippen molar-refractivity contribution in [2.45, 2.75) is 116 Å². The van der Waals surface area contributed by atoms with Crippen molar-refractivity contribution in [2.24, 2.45) is 5.92 Å². The minimum absolute atomic E-state index is 0.00817. The molecule has 0 unspecified atom stereocenters. The quantitative estimate of drug-likeness (QED) is 0.342. The van der Waals surface area contributed by atoms with Crippen molar-refractivity contribution in [3.05, 3.63) is 16.7 Å². The van der Waals surface area contributed by atoms with Gasteiger partial charge in [-0.3, -0.25) is 24.5 Å². The number of H-pyrrole nitrogens is 1. The third-order valence-electron chi connectivity index (χ3n) is 8.31. The molecule has 3 rings (SSSR count). The van der Waals surface area contributed by atoms with Gasteiger partial charge in [-0.2, -0.15) is 4.98 Å². The maximum atomic E-state index is 12.8. The molecule has 0 radical (unpaired) electrons. The highest BCUT2D eigenvalue weighted by Gasteiger charge is 2.54. The number of rotatable bonds is 8. The summed E-state index contributed by atoms with van der Waals surface area (Å²) in [7, 11) is -4.75. The maximum Gasteiger partial charge on any atom is 0.280 e. The first-order valence-electron chi connectivity index (χ1n) is 13.4. The zero-order valence-electron chi connectivity index (χ0n) is 25.3. The molecule has 1 aliphatic rings. The molecule has 13 heteroatoms. The Labute approximate surface area is 232 Å². The van der Waals surface area contributed by atoms with Gasteiger partial charge in [0.05, 0.1) is 6.33 Å². The Morgan fingerprint density at radius 2 is 1.62 bits per heavy atom. The Balaban J connectivity index is 2.16. The molecule has 2 N–H and O–H groups in total. The van der Waals surface area contributed by atoms with Crippen molar-refractivity contribution in [1.29, 1.82) is 0 Å². The van der Waals surface area contributed by atoms with Gasteiger partial charge in [-0.1, -0.05) is 55.4 Å². The van der Waals surface area contributed by atoms with Crippen molar-refractivity contribution >= 4 is 45.9 Å².